The van der Waals surface area contributed by atoms with E-state index in [0.29, 0.717) is 18.4 Å². The van der Waals surface area contributed by atoms with E-state index in [9.17, 15) is 4.79 Å². The number of carbonyl (C=O) groups is 1. The Balaban J connectivity index is 1.77. The monoisotopic (exact) mass is 190 g/mol. The third-order valence-electron chi connectivity index (χ3n) is 5.01. The first kappa shape index (κ1) is 7.49. The number of rotatable bonds is 0. The highest BCUT2D eigenvalue weighted by Crippen LogP contribution is 2.63. The second-order valence-electron chi connectivity index (χ2n) is 5.29. The van der Waals surface area contributed by atoms with Crippen molar-refractivity contribution >= 4 is 5.97 Å². The van der Waals surface area contributed by atoms with Crippen LogP contribution in [0, 0.1) is 35.5 Å². The van der Waals surface area contributed by atoms with Gasteiger partial charge in [-0.05, 0) is 36.5 Å². The van der Waals surface area contributed by atoms with Crippen LogP contribution in [0.25, 0.3) is 0 Å². The van der Waals surface area contributed by atoms with Gasteiger partial charge in [-0.15, -0.1) is 0 Å². The Bertz CT molecular complexity index is 333. The summed E-state index contributed by atoms with van der Waals surface area (Å²) in [4.78, 5) is 11.6. The molecular formula is C12H14O2. The molecule has 2 nitrogen and oxygen atoms in total. The Kier molecular flexibility index (Phi) is 1.20. The lowest BCUT2D eigenvalue weighted by molar-refractivity contribution is -0.143. The zero-order valence-corrected chi connectivity index (χ0v) is 8.06. The minimum absolute atomic E-state index is 0.104. The molecule has 4 aliphatic rings. The van der Waals surface area contributed by atoms with Crippen LogP contribution in [0.15, 0.2) is 12.2 Å². The van der Waals surface area contributed by atoms with Crippen molar-refractivity contribution in [1.29, 1.82) is 0 Å². The molecule has 0 spiro atoms. The molecule has 1 heterocycles. The number of fused-ring (bicyclic) bond motifs is 8. The molecule has 14 heavy (non-hydrogen) atoms. The lowest BCUT2D eigenvalue weighted by Crippen LogP contribution is -2.32. The van der Waals surface area contributed by atoms with Crippen LogP contribution in [0.1, 0.15) is 12.8 Å². The summed E-state index contributed by atoms with van der Waals surface area (Å²) in [5.41, 5.74) is 0. The standard InChI is InChI=1S/C12H14O2/c13-12-11-9-4-8(10(11)5-14-12)6-2-1-3-7(6)9/h1-2,6-11H,3-5H2. The SMILES string of the molecule is O=C1OCC2C3CC(C4CC=CC34)C12. The molecule has 3 aliphatic carbocycles. The van der Waals surface area contributed by atoms with E-state index in [4.69, 9.17) is 4.74 Å². The van der Waals surface area contributed by atoms with Gasteiger partial charge in [0.15, 0.2) is 0 Å². The number of allylic oxidation sites excluding steroid dienone is 2. The minimum Gasteiger partial charge on any atom is -0.465 e. The molecule has 6 unspecified atom stereocenters. The predicted octanol–water partition coefficient (Wildman–Crippen LogP) is 1.62. The van der Waals surface area contributed by atoms with E-state index in [1.165, 1.54) is 12.8 Å². The zero-order valence-electron chi connectivity index (χ0n) is 8.06. The maximum Gasteiger partial charge on any atom is 0.309 e. The Hall–Kier alpha value is -0.790. The highest BCUT2D eigenvalue weighted by atomic mass is 16.5. The van der Waals surface area contributed by atoms with Crippen LogP contribution < -0.4 is 0 Å². The van der Waals surface area contributed by atoms with Gasteiger partial charge in [0.25, 0.3) is 0 Å². The average molecular weight is 190 g/mol. The summed E-state index contributed by atoms with van der Waals surface area (Å²) in [6.45, 7) is 0.710. The summed E-state index contributed by atoms with van der Waals surface area (Å²) in [7, 11) is 0. The molecule has 3 fully saturated rings. The Labute approximate surface area is 83.3 Å². The molecule has 2 bridgehead atoms. The van der Waals surface area contributed by atoms with E-state index in [2.05, 4.69) is 12.2 Å². The van der Waals surface area contributed by atoms with Crippen molar-refractivity contribution in [2.75, 3.05) is 6.61 Å². The van der Waals surface area contributed by atoms with Crippen molar-refractivity contribution in [3.63, 3.8) is 0 Å². The molecule has 1 saturated heterocycles. The first-order valence-electron chi connectivity index (χ1n) is 5.69. The Morgan fingerprint density at radius 2 is 2.14 bits per heavy atom. The van der Waals surface area contributed by atoms with Gasteiger partial charge < -0.3 is 4.74 Å². The third kappa shape index (κ3) is 0.656. The normalized spacial score (nSPS) is 57.6. The van der Waals surface area contributed by atoms with Crippen LogP contribution in [-0.2, 0) is 9.53 Å². The van der Waals surface area contributed by atoms with E-state index in [1.54, 1.807) is 0 Å². The van der Waals surface area contributed by atoms with Gasteiger partial charge in [-0.2, -0.15) is 0 Å². The van der Waals surface area contributed by atoms with Crippen LogP contribution in [0.5, 0.6) is 0 Å². The van der Waals surface area contributed by atoms with Gasteiger partial charge in [0.2, 0.25) is 0 Å². The lowest BCUT2D eigenvalue weighted by atomic mass is 9.71. The van der Waals surface area contributed by atoms with Crippen molar-refractivity contribution in [1.82, 2.24) is 0 Å². The molecular weight excluding hydrogens is 176 g/mol. The van der Waals surface area contributed by atoms with E-state index < -0.39 is 0 Å². The first-order chi connectivity index (χ1) is 6.86. The maximum atomic E-state index is 11.6. The van der Waals surface area contributed by atoms with Crippen molar-refractivity contribution < 1.29 is 9.53 Å². The molecule has 0 aromatic rings. The van der Waals surface area contributed by atoms with Gasteiger partial charge in [0.1, 0.15) is 0 Å². The van der Waals surface area contributed by atoms with Crippen molar-refractivity contribution in [3.8, 4) is 0 Å². The van der Waals surface area contributed by atoms with Gasteiger partial charge in [-0.25, -0.2) is 0 Å². The van der Waals surface area contributed by atoms with Crippen LogP contribution >= 0.6 is 0 Å². The summed E-state index contributed by atoms with van der Waals surface area (Å²) in [5.74, 6) is 3.94. The maximum absolute atomic E-state index is 11.6. The van der Waals surface area contributed by atoms with Gasteiger partial charge >= 0.3 is 5.97 Å². The molecule has 0 aromatic heterocycles. The molecule has 0 radical (unpaired) electrons. The second-order valence-corrected chi connectivity index (χ2v) is 5.29. The minimum atomic E-state index is 0.104. The predicted molar refractivity (Wildman–Crippen MR) is 50.3 cm³/mol. The van der Waals surface area contributed by atoms with Gasteiger partial charge in [-0.3, -0.25) is 4.79 Å². The Morgan fingerprint density at radius 1 is 1.21 bits per heavy atom. The van der Waals surface area contributed by atoms with Gasteiger partial charge in [0, 0.05) is 5.92 Å². The fourth-order valence-electron chi connectivity index (χ4n) is 4.57. The number of ether oxygens (including phenoxy) is 1. The molecule has 1 aliphatic heterocycles. The third-order valence-corrected chi connectivity index (χ3v) is 5.01. The first-order valence-corrected chi connectivity index (χ1v) is 5.69. The molecule has 2 saturated carbocycles. The summed E-state index contributed by atoms with van der Waals surface area (Å²) in [6, 6.07) is 0. The number of cyclic esters (lactones) is 1. The van der Waals surface area contributed by atoms with Crippen LogP contribution in [0.2, 0.25) is 0 Å². The molecule has 74 valence electrons. The number of hydrogen-bond acceptors (Lipinski definition) is 2. The van der Waals surface area contributed by atoms with Gasteiger partial charge in [-0.1, -0.05) is 12.2 Å². The molecule has 2 heteroatoms. The summed E-state index contributed by atoms with van der Waals surface area (Å²) < 4.78 is 5.20. The van der Waals surface area contributed by atoms with Crippen LogP contribution in [-0.4, -0.2) is 12.6 Å². The highest BCUT2D eigenvalue weighted by Gasteiger charge is 2.62. The molecule has 0 aromatic carbocycles. The number of carbonyl (C=O) groups excluding carboxylic acids is 1. The number of esters is 1. The fraction of sp³-hybridized carbons (Fsp3) is 0.750. The molecule has 6 atom stereocenters. The number of hydrogen-bond donors (Lipinski definition) is 0. The van der Waals surface area contributed by atoms with Crippen LogP contribution in [0.3, 0.4) is 0 Å². The zero-order chi connectivity index (χ0) is 9.28. The van der Waals surface area contributed by atoms with E-state index in [1.807, 2.05) is 0 Å². The van der Waals surface area contributed by atoms with Gasteiger partial charge in [0.05, 0.1) is 12.5 Å². The topological polar surface area (TPSA) is 26.3 Å². The molecule has 4 rings (SSSR count). The average Bonchev–Trinajstić information content (AvgIpc) is 2.82. The van der Waals surface area contributed by atoms with Crippen molar-refractivity contribution in [2.24, 2.45) is 35.5 Å². The summed E-state index contributed by atoms with van der Waals surface area (Å²) in [6.07, 6.45) is 7.22. The fourth-order valence-corrected chi connectivity index (χ4v) is 4.57. The summed E-state index contributed by atoms with van der Waals surface area (Å²) >= 11 is 0. The van der Waals surface area contributed by atoms with Crippen LogP contribution in [0.4, 0.5) is 0 Å². The van der Waals surface area contributed by atoms with Crippen molar-refractivity contribution in [3.05, 3.63) is 12.2 Å². The smallest absolute Gasteiger partial charge is 0.309 e. The highest BCUT2D eigenvalue weighted by molar-refractivity contribution is 5.76. The van der Waals surface area contributed by atoms with E-state index in [0.717, 1.165) is 17.8 Å². The lowest BCUT2D eigenvalue weighted by Gasteiger charge is -2.30. The molecule has 0 N–H and O–H groups in total. The second kappa shape index (κ2) is 2.23. The molecule has 0 amide bonds. The van der Waals surface area contributed by atoms with Crippen molar-refractivity contribution in [2.45, 2.75) is 12.8 Å². The Morgan fingerprint density at radius 3 is 3.07 bits per heavy atom. The largest absolute Gasteiger partial charge is 0.465 e. The van der Waals surface area contributed by atoms with E-state index in [-0.39, 0.29) is 11.9 Å². The quantitative estimate of drug-likeness (QED) is 0.428. The summed E-state index contributed by atoms with van der Waals surface area (Å²) in [5, 5.41) is 0. The van der Waals surface area contributed by atoms with E-state index >= 15 is 0 Å².